The van der Waals surface area contributed by atoms with Crippen LogP contribution in [0.5, 0.6) is 5.88 Å². The standard InChI is InChI=1S/C31H41IN2O6/c1-7-38-29(37)25-14-20-17-34(25)28(36)23(30(2,3)4)15-26(35)39-18-31(5,6)12-8-9-19-10-11-21-22(13-19)27(40-20)33-16-24(21)32/h10-11,13,16,20,23,25H,7-9,12,14-15,17-18H2,1-6H3/t20-,23-,25+/m1/s1. The van der Waals surface area contributed by atoms with Gasteiger partial charge in [-0.25, -0.2) is 9.78 Å². The zero-order valence-corrected chi connectivity index (χ0v) is 26.6. The summed E-state index contributed by atoms with van der Waals surface area (Å²) in [5.41, 5.74) is 0.437. The van der Waals surface area contributed by atoms with Crippen molar-refractivity contribution in [2.75, 3.05) is 19.8 Å². The number of esters is 2. The van der Waals surface area contributed by atoms with Gasteiger partial charge in [0.2, 0.25) is 11.8 Å². The molecule has 1 saturated heterocycles. The lowest BCUT2D eigenvalue weighted by atomic mass is 9.77. The Hall–Kier alpha value is -2.43. The SMILES string of the molecule is CCOC(=O)[C@@H]1C[C@@H]2CN1C(=O)[C@H](C(C)(C)C)CC(=O)OCC(C)(C)CCCc1ccc3c(I)cnc(c3c1)O2. The van der Waals surface area contributed by atoms with Gasteiger partial charge in [-0.1, -0.05) is 46.8 Å². The number of aryl methyl sites for hydroxylation is 1. The highest BCUT2D eigenvalue weighted by atomic mass is 127. The second kappa shape index (κ2) is 12.2. The van der Waals surface area contributed by atoms with Crippen LogP contribution in [0.4, 0.5) is 0 Å². The fourth-order valence-corrected chi connectivity index (χ4v) is 6.14. The van der Waals surface area contributed by atoms with Crippen molar-refractivity contribution in [3.8, 4) is 5.88 Å². The lowest BCUT2D eigenvalue weighted by Gasteiger charge is -2.34. The number of carbonyl (C=O) groups is 3. The maximum absolute atomic E-state index is 14.1. The molecule has 1 aromatic carbocycles. The molecule has 0 spiro atoms. The molecule has 2 aliphatic heterocycles. The largest absolute Gasteiger partial charge is 0.472 e. The fraction of sp³-hybridized carbons (Fsp3) is 0.613. The summed E-state index contributed by atoms with van der Waals surface area (Å²) in [7, 11) is 0. The molecule has 4 rings (SSSR count). The van der Waals surface area contributed by atoms with E-state index in [-0.39, 0.29) is 43.9 Å². The predicted octanol–water partition coefficient (Wildman–Crippen LogP) is 5.71. The third kappa shape index (κ3) is 7.06. The van der Waals surface area contributed by atoms with Crippen molar-refractivity contribution in [1.29, 1.82) is 0 Å². The van der Waals surface area contributed by atoms with Crippen molar-refractivity contribution in [2.24, 2.45) is 16.7 Å². The number of cyclic esters (lactones) is 1. The molecule has 1 aromatic heterocycles. The van der Waals surface area contributed by atoms with Crippen molar-refractivity contribution < 1.29 is 28.6 Å². The van der Waals surface area contributed by atoms with Gasteiger partial charge in [0.15, 0.2) is 0 Å². The molecule has 2 aromatic rings. The normalized spacial score (nSPS) is 24.3. The maximum Gasteiger partial charge on any atom is 0.328 e. The van der Waals surface area contributed by atoms with Crippen LogP contribution in [0, 0.1) is 20.3 Å². The molecule has 1 amide bonds. The highest BCUT2D eigenvalue weighted by Gasteiger charge is 2.46. The Morgan fingerprint density at radius 1 is 1.23 bits per heavy atom. The van der Waals surface area contributed by atoms with E-state index in [0.29, 0.717) is 5.88 Å². The Kier molecular flexibility index (Phi) is 9.31. The summed E-state index contributed by atoms with van der Waals surface area (Å²) in [6, 6.07) is 5.57. The third-order valence-corrected chi connectivity index (χ3v) is 8.77. The van der Waals surface area contributed by atoms with E-state index in [1.165, 1.54) is 5.56 Å². The summed E-state index contributed by atoms with van der Waals surface area (Å²) >= 11 is 2.28. The summed E-state index contributed by atoms with van der Waals surface area (Å²) in [6.45, 7) is 12.4. The summed E-state index contributed by atoms with van der Waals surface area (Å²) in [5.74, 6) is -1.31. The average Bonchev–Trinajstić information content (AvgIpc) is 3.30. The quantitative estimate of drug-likeness (QED) is 0.300. The number of rotatable bonds is 2. The topological polar surface area (TPSA) is 95.0 Å². The minimum atomic E-state index is -0.801. The number of amides is 1. The lowest BCUT2D eigenvalue weighted by Crippen LogP contribution is -2.48. The second-order valence-corrected chi connectivity index (χ2v) is 14.0. The molecule has 0 saturated carbocycles. The molecular weight excluding hydrogens is 623 g/mol. The second-order valence-electron chi connectivity index (χ2n) is 12.8. The van der Waals surface area contributed by atoms with Crippen molar-refractivity contribution in [3.63, 3.8) is 0 Å². The van der Waals surface area contributed by atoms with Crippen LogP contribution in [0.2, 0.25) is 0 Å². The number of aromatic nitrogens is 1. The Labute approximate surface area is 250 Å². The Morgan fingerprint density at radius 3 is 2.67 bits per heavy atom. The minimum Gasteiger partial charge on any atom is -0.472 e. The van der Waals surface area contributed by atoms with Crippen molar-refractivity contribution in [1.82, 2.24) is 9.88 Å². The molecule has 0 radical (unpaired) electrons. The van der Waals surface area contributed by atoms with E-state index in [4.69, 9.17) is 14.2 Å². The Morgan fingerprint density at radius 2 is 1.98 bits per heavy atom. The van der Waals surface area contributed by atoms with Gasteiger partial charge in [0, 0.05) is 27.0 Å². The van der Waals surface area contributed by atoms with Gasteiger partial charge < -0.3 is 19.1 Å². The monoisotopic (exact) mass is 664 g/mol. The van der Waals surface area contributed by atoms with E-state index in [1.54, 1.807) is 18.0 Å². The Bertz CT molecular complexity index is 1270. The van der Waals surface area contributed by atoms with Crippen molar-refractivity contribution >= 4 is 51.2 Å². The van der Waals surface area contributed by atoms with Crippen molar-refractivity contribution in [3.05, 3.63) is 33.5 Å². The van der Waals surface area contributed by atoms with Crippen LogP contribution in [-0.2, 0) is 30.3 Å². The molecule has 40 heavy (non-hydrogen) atoms. The summed E-state index contributed by atoms with van der Waals surface area (Å²) in [4.78, 5) is 46.3. The minimum absolute atomic E-state index is 0.0557. The van der Waals surface area contributed by atoms with Crippen molar-refractivity contribution in [2.45, 2.75) is 85.8 Å². The molecule has 0 N–H and O–H groups in total. The number of fused-ring (bicyclic) bond motifs is 3. The summed E-state index contributed by atoms with van der Waals surface area (Å²) < 4.78 is 18.6. The molecule has 8 nitrogen and oxygen atoms in total. The number of halogens is 1. The molecule has 1 fully saturated rings. The van der Waals surface area contributed by atoms with Gasteiger partial charge >= 0.3 is 11.9 Å². The van der Waals surface area contributed by atoms with E-state index in [1.807, 2.05) is 20.8 Å². The van der Waals surface area contributed by atoms with Crippen LogP contribution in [0.1, 0.15) is 72.8 Å². The van der Waals surface area contributed by atoms with E-state index in [2.05, 4.69) is 59.6 Å². The zero-order chi connectivity index (χ0) is 29.2. The van der Waals surface area contributed by atoms with Gasteiger partial charge in [0.1, 0.15) is 12.1 Å². The molecule has 3 atom stereocenters. The van der Waals surface area contributed by atoms with Gasteiger partial charge in [-0.05, 0) is 71.2 Å². The molecule has 2 aliphatic rings. The highest BCUT2D eigenvalue weighted by molar-refractivity contribution is 14.1. The van der Waals surface area contributed by atoms with E-state index in [9.17, 15) is 14.4 Å². The van der Waals surface area contributed by atoms with Crippen LogP contribution < -0.4 is 4.74 Å². The molecule has 4 bridgehead atoms. The van der Waals surface area contributed by atoms with E-state index < -0.39 is 35.4 Å². The number of pyridine rings is 1. The van der Waals surface area contributed by atoms with Crippen LogP contribution in [0.3, 0.4) is 0 Å². The first-order valence-corrected chi connectivity index (χ1v) is 15.2. The highest BCUT2D eigenvalue weighted by Crippen LogP contribution is 2.36. The van der Waals surface area contributed by atoms with E-state index >= 15 is 0 Å². The van der Waals surface area contributed by atoms with Crippen LogP contribution in [-0.4, -0.2) is 59.6 Å². The molecular formula is C31H41IN2O6. The van der Waals surface area contributed by atoms with Gasteiger partial charge in [-0.15, -0.1) is 0 Å². The van der Waals surface area contributed by atoms with Gasteiger partial charge in [-0.3, -0.25) is 9.59 Å². The number of benzene rings is 1. The summed E-state index contributed by atoms with van der Waals surface area (Å²) in [6.07, 6.45) is 4.26. The molecule has 0 aliphatic carbocycles. The third-order valence-electron chi connectivity index (χ3n) is 7.91. The number of carbonyl (C=O) groups excluding carboxylic acids is 3. The fourth-order valence-electron chi connectivity index (χ4n) is 5.54. The Balaban J connectivity index is 1.75. The molecule has 9 heteroatoms. The van der Waals surface area contributed by atoms with Crippen LogP contribution in [0.15, 0.2) is 24.4 Å². The molecule has 3 heterocycles. The zero-order valence-electron chi connectivity index (χ0n) is 24.4. The number of hydrogen-bond donors (Lipinski definition) is 0. The molecule has 0 unspecified atom stereocenters. The van der Waals surface area contributed by atoms with Crippen LogP contribution >= 0.6 is 22.6 Å². The van der Waals surface area contributed by atoms with Crippen LogP contribution in [0.25, 0.3) is 10.8 Å². The van der Waals surface area contributed by atoms with E-state index in [0.717, 1.165) is 33.6 Å². The first-order chi connectivity index (χ1) is 18.8. The van der Waals surface area contributed by atoms with Gasteiger partial charge in [-0.2, -0.15) is 0 Å². The summed E-state index contributed by atoms with van der Waals surface area (Å²) in [5, 5.41) is 1.97. The van der Waals surface area contributed by atoms with Gasteiger partial charge in [0.25, 0.3) is 0 Å². The lowest BCUT2D eigenvalue weighted by molar-refractivity contribution is -0.158. The van der Waals surface area contributed by atoms with Gasteiger partial charge in [0.05, 0.1) is 32.1 Å². The number of ether oxygens (including phenoxy) is 3. The molecule has 218 valence electrons. The smallest absolute Gasteiger partial charge is 0.328 e. The predicted molar refractivity (Wildman–Crippen MR) is 161 cm³/mol. The first kappa shape index (κ1) is 30.5. The average molecular weight is 665 g/mol. The maximum atomic E-state index is 14.1. The number of hydrogen-bond acceptors (Lipinski definition) is 7. The number of nitrogens with zero attached hydrogens (tertiary/aromatic N) is 2. The first-order valence-electron chi connectivity index (χ1n) is 14.2.